The molecule has 11 heavy (non-hydrogen) atoms. The minimum atomic E-state index is 0.122. The van der Waals surface area contributed by atoms with Crippen molar-refractivity contribution in [2.24, 2.45) is 5.92 Å². The summed E-state index contributed by atoms with van der Waals surface area (Å²) in [5, 5.41) is 0. The molecule has 0 aromatic heterocycles. The van der Waals surface area contributed by atoms with Gasteiger partial charge in [0.2, 0.25) is 5.91 Å². The number of nitrogens with zero attached hydrogens (tertiary/aromatic N) is 1. The highest BCUT2D eigenvalue weighted by molar-refractivity contribution is 5.87. The maximum absolute atomic E-state index is 11.2. The van der Waals surface area contributed by atoms with Crippen molar-refractivity contribution in [3.05, 3.63) is 12.7 Å². The normalized spacial score (nSPS) is 34.4. The van der Waals surface area contributed by atoms with Crippen LogP contribution in [-0.2, 0) is 4.79 Å². The zero-order valence-electron chi connectivity index (χ0n) is 6.62. The van der Waals surface area contributed by atoms with E-state index in [0.717, 1.165) is 12.5 Å². The molecule has 2 fully saturated rings. The van der Waals surface area contributed by atoms with Gasteiger partial charge in [0.1, 0.15) is 0 Å². The van der Waals surface area contributed by atoms with Crippen LogP contribution in [0.3, 0.4) is 0 Å². The molecule has 1 saturated carbocycles. The van der Waals surface area contributed by atoms with Crippen molar-refractivity contribution < 1.29 is 4.79 Å². The van der Waals surface area contributed by atoms with E-state index < -0.39 is 0 Å². The molecule has 0 N–H and O–H groups in total. The van der Waals surface area contributed by atoms with E-state index in [2.05, 4.69) is 6.58 Å². The maximum Gasteiger partial charge on any atom is 0.246 e. The van der Waals surface area contributed by atoms with Gasteiger partial charge in [-0.2, -0.15) is 0 Å². The Hall–Kier alpha value is -0.790. The molecular weight excluding hydrogens is 138 g/mol. The molecule has 0 aromatic carbocycles. The van der Waals surface area contributed by atoms with Crippen LogP contribution in [0, 0.1) is 5.92 Å². The average Bonchev–Trinajstić information content (AvgIpc) is 2.62. The van der Waals surface area contributed by atoms with E-state index in [0.29, 0.717) is 6.04 Å². The van der Waals surface area contributed by atoms with Crippen LogP contribution in [0.4, 0.5) is 0 Å². The van der Waals surface area contributed by atoms with Crippen molar-refractivity contribution in [3.63, 3.8) is 0 Å². The second-order valence-electron chi connectivity index (χ2n) is 3.53. The second-order valence-corrected chi connectivity index (χ2v) is 3.53. The molecule has 2 bridgehead atoms. The lowest BCUT2D eigenvalue weighted by molar-refractivity contribution is -0.127. The van der Waals surface area contributed by atoms with E-state index in [9.17, 15) is 4.79 Å². The van der Waals surface area contributed by atoms with Crippen LogP contribution in [0.5, 0.6) is 0 Å². The zero-order valence-corrected chi connectivity index (χ0v) is 6.62. The number of carbonyl (C=O) groups excluding carboxylic acids is 1. The number of piperidine rings is 1. The first-order valence-corrected chi connectivity index (χ1v) is 4.24. The van der Waals surface area contributed by atoms with Gasteiger partial charge in [0.15, 0.2) is 0 Å². The molecule has 1 saturated heterocycles. The summed E-state index contributed by atoms with van der Waals surface area (Å²) >= 11 is 0. The van der Waals surface area contributed by atoms with Crippen LogP contribution in [0.15, 0.2) is 12.7 Å². The Morgan fingerprint density at radius 2 is 2.36 bits per heavy atom. The Morgan fingerprint density at radius 1 is 1.55 bits per heavy atom. The van der Waals surface area contributed by atoms with E-state index in [-0.39, 0.29) is 5.91 Å². The fourth-order valence-electron chi connectivity index (χ4n) is 2.31. The summed E-state index contributed by atoms with van der Waals surface area (Å²) in [7, 11) is 0. The SMILES string of the molecule is C=CC(=O)N1CC2CCC1C2. The maximum atomic E-state index is 11.2. The van der Waals surface area contributed by atoms with Crippen LogP contribution in [0.2, 0.25) is 0 Å². The summed E-state index contributed by atoms with van der Waals surface area (Å²) < 4.78 is 0. The smallest absolute Gasteiger partial charge is 0.246 e. The highest BCUT2D eigenvalue weighted by Gasteiger charge is 2.39. The molecule has 2 aliphatic rings. The van der Waals surface area contributed by atoms with Gasteiger partial charge in [-0.05, 0) is 31.3 Å². The lowest BCUT2D eigenvalue weighted by Gasteiger charge is -2.25. The number of carbonyl (C=O) groups is 1. The first-order valence-electron chi connectivity index (χ1n) is 4.24. The molecule has 0 radical (unpaired) electrons. The average molecular weight is 151 g/mol. The minimum absolute atomic E-state index is 0.122. The van der Waals surface area contributed by atoms with Crippen LogP contribution < -0.4 is 0 Å². The summed E-state index contributed by atoms with van der Waals surface area (Å²) in [6.07, 6.45) is 5.20. The van der Waals surface area contributed by atoms with Crippen molar-refractivity contribution >= 4 is 5.91 Å². The third-order valence-electron chi connectivity index (χ3n) is 2.87. The Labute approximate surface area is 66.9 Å². The predicted octanol–water partition coefficient (Wildman–Crippen LogP) is 1.18. The summed E-state index contributed by atoms with van der Waals surface area (Å²) in [6, 6.07) is 0.547. The topological polar surface area (TPSA) is 20.3 Å². The van der Waals surface area contributed by atoms with Gasteiger partial charge in [0.05, 0.1) is 0 Å². The van der Waals surface area contributed by atoms with Crippen molar-refractivity contribution in [2.45, 2.75) is 25.3 Å². The van der Waals surface area contributed by atoms with Crippen molar-refractivity contribution in [3.8, 4) is 0 Å². The number of hydrogen-bond acceptors (Lipinski definition) is 1. The lowest BCUT2D eigenvalue weighted by Crippen LogP contribution is -2.36. The molecule has 1 heterocycles. The summed E-state index contributed by atoms with van der Waals surface area (Å²) in [5.74, 6) is 0.918. The van der Waals surface area contributed by atoms with Gasteiger partial charge in [-0.15, -0.1) is 0 Å². The number of amides is 1. The largest absolute Gasteiger partial charge is 0.336 e. The quantitative estimate of drug-likeness (QED) is 0.515. The second kappa shape index (κ2) is 2.36. The molecule has 1 amide bonds. The highest BCUT2D eigenvalue weighted by Crippen LogP contribution is 2.37. The van der Waals surface area contributed by atoms with E-state index in [1.54, 1.807) is 0 Å². The molecule has 2 atom stereocenters. The van der Waals surface area contributed by atoms with Crippen molar-refractivity contribution in [2.75, 3.05) is 6.54 Å². The van der Waals surface area contributed by atoms with Gasteiger partial charge in [0.25, 0.3) is 0 Å². The van der Waals surface area contributed by atoms with E-state index >= 15 is 0 Å². The molecule has 2 rings (SSSR count). The highest BCUT2D eigenvalue weighted by atomic mass is 16.2. The lowest BCUT2D eigenvalue weighted by atomic mass is 10.1. The van der Waals surface area contributed by atoms with Crippen LogP contribution in [0.25, 0.3) is 0 Å². The van der Waals surface area contributed by atoms with Crippen LogP contribution in [0.1, 0.15) is 19.3 Å². The molecule has 0 aromatic rings. The molecule has 2 unspecified atom stereocenters. The van der Waals surface area contributed by atoms with Crippen molar-refractivity contribution in [1.29, 1.82) is 0 Å². The first-order chi connectivity index (χ1) is 5.31. The Balaban J connectivity index is 2.07. The van der Waals surface area contributed by atoms with E-state index in [1.165, 1.54) is 25.3 Å². The van der Waals surface area contributed by atoms with Crippen LogP contribution >= 0.6 is 0 Å². The Morgan fingerprint density at radius 3 is 2.82 bits per heavy atom. The van der Waals surface area contributed by atoms with Gasteiger partial charge in [-0.25, -0.2) is 0 Å². The molecule has 2 heteroatoms. The number of likely N-dealkylation sites (tertiary alicyclic amines) is 1. The van der Waals surface area contributed by atoms with Gasteiger partial charge < -0.3 is 4.90 Å². The van der Waals surface area contributed by atoms with Gasteiger partial charge in [-0.1, -0.05) is 6.58 Å². The first kappa shape index (κ1) is 6.89. The van der Waals surface area contributed by atoms with Crippen molar-refractivity contribution in [1.82, 2.24) is 4.90 Å². The minimum Gasteiger partial charge on any atom is -0.336 e. The fourth-order valence-corrected chi connectivity index (χ4v) is 2.31. The number of rotatable bonds is 1. The Bertz CT molecular complexity index is 200. The summed E-state index contributed by atoms with van der Waals surface area (Å²) in [5.41, 5.74) is 0. The van der Waals surface area contributed by atoms with Crippen LogP contribution in [-0.4, -0.2) is 23.4 Å². The summed E-state index contributed by atoms with van der Waals surface area (Å²) in [6.45, 7) is 4.48. The number of hydrogen-bond donors (Lipinski definition) is 0. The predicted molar refractivity (Wildman–Crippen MR) is 43.0 cm³/mol. The van der Waals surface area contributed by atoms with Gasteiger partial charge in [0, 0.05) is 12.6 Å². The number of fused-ring (bicyclic) bond motifs is 2. The zero-order chi connectivity index (χ0) is 7.84. The fraction of sp³-hybridized carbons (Fsp3) is 0.667. The van der Waals surface area contributed by atoms with E-state index in [4.69, 9.17) is 0 Å². The molecular formula is C9H13NO. The summed E-state index contributed by atoms with van der Waals surface area (Å²) in [4.78, 5) is 13.2. The standard InChI is InChI=1S/C9H13NO/c1-2-9(11)10-6-7-3-4-8(10)5-7/h2,7-8H,1,3-6H2. The van der Waals surface area contributed by atoms with Gasteiger partial charge in [-0.3, -0.25) is 4.79 Å². The Kier molecular flexibility index (Phi) is 1.48. The third kappa shape index (κ3) is 0.971. The molecule has 0 spiro atoms. The molecule has 1 aliphatic carbocycles. The van der Waals surface area contributed by atoms with E-state index in [1.807, 2.05) is 4.90 Å². The monoisotopic (exact) mass is 151 g/mol. The molecule has 2 nitrogen and oxygen atoms in total. The van der Waals surface area contributed by atoms with Gasteiger partial charge >= 0.3 is 0 Å². The molecule has 1 aliphatic heterocycles. The third-order valence-corrected chi connectivity index (χ3v) is 2.87. The molecule has 60 valence electrons.